The van der Waals surface area contributed by atoms with Crippen LogP contribution in [0.1, 0.15) is 49.9 Å². The number of hydrogen-bond donors (Lipinski definition) is 1. The Bertz CT molecular complexity index is 1330. The number of carbonyl (C=O) groups is 2. The summed E-state index contributed by atoms with van der Waals surface area (Å²) in [5, 5.41) is 13.5. The number of carbonyl (C=O) groups excluding carboxylic acids is 2. The third-order valence-electron chi connectivity index (χ3n) is 6.69. The molecule has 4 rings (SSSR count). The minimum absolute atomic E-state index is 0.0961. The van der Waals surface area contributed by atoms with Crippen LogP contribution in [0.5, 0.6) is 5.75 Å². The Hall–Kier alpha value is -3.64. The molecule has 1 aliphatic rings. The predicted octanol–water partition coefficient (Wildman–Crippen LogP) is 5.60. The Labute approximate surface area is 212 Å². The number of ether oxygens (including phenoxy) is 2. The van der Waals surface area contributed by atoms with Gasteiger partial charge >= 0.3 is 0 Å². The third-order valence-corrected chi connectivity index (χ3v) is 6.69. The summed E-state index contributed by atoms with van der Waals surface area (Å²) in [6.45, 7) is 6.95. The summed E-state index contributed by atoms with van der Waals surface area (Å²) in [7, 11) is 3.21. The number of fused-ring (bicyclic) bond motifs is 1. The van der Waals surface area contributed by atoms with Crippen molar-refractivity contribution in [1.29, 1.82) is 0 Å². The van der Waals surface area contributed by atoms with Crippen LogP contribution in [0, 0.1) is 0 Å². The molecule has 6 nitrogen and oxygen atoms in total. The topological polar surface area (TPSA) is 76.1 Å². The predicted molar refractivity (Wildman–Crippen MR) is 141 cm³/mol. The van der Waals surface area contributed by atoms with E-state index < -0.39 is 17.7 Å². The largest absolute Gasteiger partial charge is 0.507 e. The van der Waals surface area contributed by atoms with Gasteiger partial charge in [-0.25, -0.2) is 0 Å². The van der Waals surface area contributed by atoms with Crippen LogP contribution in [0.4, 0.5) is 0 Å². The molecule has 36 heavy (non-hydrogen) atoms. The molecule has 3 aromatic rings. The lowest BCUT2D eigenvalue weighted by atomic mass is 9.84. The molecule has 3 aromatic carbocycles. The maximum Gasteiger partial charge on any atom is 0.295 e. The Morgan fingerprint density at radius 3 is 2.42 bits per heavy atom. The fourth-order valence-corrected chi connectivity index (χ4v) is 4.90. The van der Waals surface area contributed by atoms with E-state index >= 15 is 0 Å². The number of ketones is 1. The van der Waals surface area contributed by atoms with Crippen molar-refractivity contribution < 1.29 is 24.2 Å². The minimum Gasteiger partial charge on any atom is -0.507 e. The summed E-state index contributed by atoms with van der Waals surface area (Å²) >= 11 is 0. The van der Waals surface area contributed by atoms with Crippen molar-refractivity contribution in [2.45, 2.75) is 38.6 Å². The molecule has 0 aromatic heterocycles. The van der Waals surface area contributed by atoms with Gasteiger partial charge in [-0.15, -0.1) is 0 Å². The van der Waals surface area contributed by atoms with E-state index in [0.29, 0.717) is 30.9 Å². The molecule has 0 saturated carbocycles. The number of nitrogens with zero attached hydrogens (tertiary/aromatic N) is 1. The van der Waals surface area contributed by atoms with E-state index in [1.165, 1.54) is 0 Å². The second-order valence-corrected chi connectivity index (χ2v) is 10.1. The number of methoxy groups -OCH3 is 2. The third kappa shape index (κ3) is 4.61. The molecule has 1 amide bonds. The van der Waals surface area contributed by atoms with Crippen LogP contribution in [0.25, 0.3) is 16.5 Å². The second kappa shape index (κ2) is 10.2. The van der Waals surface area contributed by atoms with Gasteiger partial charge in [-0.1, -0.05) is 63.2 Å². The van der Waals surface area contributed by atoms with Gasteiger partial charge in [-0.3, -0.25) is 9.59 Å². The van der Waals surface area contributed by atoms with Gasteiger partial charge in [-0.05, 0) is 46.4 Å². The first-order chi connectivity index (χ1) is 17.2. The summed E-state index contributed by atoms with van der Waals surface area (Å²) in [6, 6.07) is 18.3. The average Bonchev–Trinajstić information content (AvgIpc) is 3.12. The number of likely N-dealkylation sites (tertiary alicyclic amines) is 1. The molecule has 0 aliphatic carbocycles. The standard InChI is InChI=1S/C30H33NO5/c1-30(2,3)23-18-20(14-15-24(23)36-5)27(32)25-26(31(16-9-17-35-4)29(34)28(25)33)22-13-8-11-19-10-6-7-12-21(19)22/h6-8,10-15,18,26,32H,9,16-17H2,1-5H3/b27-25+. The van der Waals surface area contributed by atoms with Crippen LogP contribution in [0.15, 0.2) is 66.2 Å². The van der Waals surface area contributed by atoms with Crippen molar-refractivity contribution >= 4 is 28.2 Å². The number of Topliss-reactive ketones (excluding diaryl/α,β-unsaturated/α-hetero) is 1. The summed E-state index contributed by atoms with van der Waals surface area (Å²) in [5.41, 5.74) is 2.00. The molecule has 0 bridgehead atoms. The molecular weight excluding hydrogens is 454 g/mol. The Morgan fingerprint density at radius 2 is 1.72 bits per heavy atom. The molecule has 188 valence electrons. The molecular formula is C30H33NO5. The highest BCUT2D eigenvalue weighted by Gasteiger charge is 2.46. The fraction of sp³-hybridized carbons (Fsp3) is 0.333. The first-order valence-electron chi connectivity index (χ1n) is 12.1. The van der Waals surface area contributed by atoms with Gasteiger partial charge in [0.25, 0.3) is 11.7 Å². The van der Waals surface area contributed by atoms with Crippen LogP contribution < -0.4 is 4.74 Å². The highest BCUT2D eigenvalue weighted by Crippen LogP contribution is 2.43. The lowest BCUT2D eigenvalue weighted by molar-refractivity contribution is -0.140. The smallest absolute Gasteiger partial charge is 0.295 e. The number of aliphatic hydroxyl groups is 1. The number of aliphatic hydroxyl groups excluding tert-OH is 1. The lowest BCUT2D eigenvalue weighted by Crippen LogP contribution is -2.31. The van der Waals surface area contributed by atoms with Crippen LogP contribution in [-0.2, 0) is 19.7 Å². The van der Waals surface area contributed by atoms with E-state index in [2.05, 4.69) is 20.8 Å². The van der Waals surface area contributed by atoms with Crippen molar-refractivity contribution in [3.8, 4) is 5.75 Å². The molecule has 0 spiro atoms. The Morgan fingerprint density at radius 1 is 1.00 bits per heavy atom. The quantitative estimate of drug-likeness (QED) is 0.203. The van der Waals surface area contributed by atoms with Gasteiger partial charge < -0.3 is 19.5 Å². The van der Waals surface area contributed by atoms with Crippen LogP contribution >= 0.6 is 0 Å². The first-order valence-corrected chi connectivity index (χ1v) is 12.1. The minimum atomic E-state index is -0.715. The highest BCUT2D eigenvalue weighted by molar-refractivity contribution is 6.46. The number of amides is 1. The zero-order chi connectivity index (χ0) is 26.0. The Kier molecular flexibility index (Phi) is 7.18. The van der Waals surface area contributed by atoms with Gasteiger partial charge in [0.2, 0.25) is 0 Å². The maximum absolute atomic E-state index is 13.4. The molecule has 6 heteroatoms. The van der Waals surface area contributed by atoms with Crippen LogP contribution in [0.2, 0.25) is 0 Å². The van der Waals surface area contributed by atoms with Crippen molar-refractivity contribution in [2.24, 2.45) is 0 Å². The summed E-state index contributed by atoms with van der Waals surface area (Å²) in [6.07, 6.45) is 0.571. The fourth-order valence-electron chi connectivity index (χ4n) is 4.90. The number of benzene rings is 3. The van der Waals surface area contributed by atoms with E-state index in [0.717, 1.165) is 21.9 Å². The molecule has 1 unspecified atom stereocenters. The normalized spacial score (nSPS) is 17.7. The van der Waals surface area contributed by atoms with Crippen molar-refractivity contribution in [1.82, 2.24) is 4.90 Å². The van der Waals surface area contributed by atoms with Gasteiger partial charge in [-0.2, -0.15) is 0 Å². The number of rotatable bonds is 7. The van der Waals surface area contributed by atoms with Gasteiger partial charge in [0, 0.05) is 31.4 Å². The lowest BCUT2D eigenvalue weighted by Gasteiger charge is -2.27. The van der Waals surface area contributed by atoms with E-state index in [-0.39, 0.29) is 16.7 Å². The van der Waals surface area contributed by atoms with Crippen molar-refractivity contribution in [2.75, 3.05) is 27.4 Å². The van der Waals surface area contributed by atoms with Crippen LogP contribution in [0.3, 0.4) is 0 Å². The number of hydrogen-bond acceptors (Lipinski definition) is 5. The monoisotopic (exact) mass is 487 g/mol. The summed E-state index contributed by atoms with van der Waals surface area (Å²) in [4.78, 5) is 28.2. The van der Waals surface area contributed by atoms with E-state index in [1.807, 2.05) is 48.5 Å². The molecule has 1 aliphatic heterocycles. The van der Waals surface area contributed by atoms with Crippen LogP contribution in [-0.4, -0.2) is 49.1 Å². The van der Waals surface area contributed by atoms with Gasteiger partial charge in [0.1, 0.15) is 11.5 Å². The summed E-state index contributed by atoms with van der Waals surface area (Å²) < 4.78 is 10.7. The van der Waals surface area contributed by atoms with Gasteiger partial charge in [0.15, 0.2) is 0 Å². The van der Waals surface area contributed by atoms with Gasteiger partial charge in [0.05, 0.1) is 18.7 Å². The van der Waals surface area contributed by atoms with E-state index in [9.17, 15) is 14.7 Å². The highest BCUT2D eigenvalue weighted by atomic mass is 16.5. The second-order valence-electron chi connectivity index (χ2n) is 10.1. The first kappa shape index (κ1) is 25.5. The molecule has 1 saturated heterocycles. The maximum atomic E-state index is 13.4. The van der Waals surface area contributed by atoms with Crippen molar-refractivity contribution in [3.63, 3.8) is 0 Å². The zero-order valence-corrected chi connectivity index (χ0v) is 21.5. The Balaban J connectivity index is 1.94. The van der Waals surface area contributed by atoms with Crippen molar-refractivity contribution in [3.05, 3.63) is 82.9 Å². The van der Waals surface area contributed by atoms with E-state index in [1.54, 1.807) is 31.3 Å². The molecule has 1 atom stereocenters. The average molecular weight is 488 g/mol. The molecule has 1 fully saturated rings. The zero-order valence-electron chi connectivity index (χ0n) is 21.5. The molecule has 1 heterocycles. The molecule has 1 N–H and O–H groups in total. The summed E-state index contributed by atoms with van der Waals surface area (Å²) in [5.74, 6) is -0.788. The SMILES string of the molecule is COCCCN1C(=O)C(=O)/C(=C(/O)c2ccc(OC)c(C(C)(C)C)c2)C1c1cccc2ccccc12. The molecule has 0 radical (unpaired) electrons. The van der Waals surface area contributed by atoms with E-state index in [4.69, 9.17) is 9.47 Å².